The first-order valence-corrected chi connectivity index (χ1v) is 7.40. The lowest BCUT2D eigenvalue weighted by Crippen LogP contribution is -2.34. The average molecular weight is 336 g/mol. The number of nitro benzene ring substituents is 1. The van der Waals surface area contributed by atoms with Crippen molar-refractivity contribution in [1.82, 2.24) is 9.55 Å². The highest BCUT2D eigenvalue weighted by Gasteiger charge is 2.24. The summed E-state index contributed by atoms with van der Waals surface area (Å²) in [5, 5.41) is 14.1. The van der Waals surface area contributed by atoms with Crippen molar-refractivity contribution in [2.45, 2.75) is 6.17 Å². The Hall–Kier alpha value is -3.75. The average Bonchev–Trinajstić information content (AvgIpc) is 2.61. The fraction of sp³-hybridized carbons (Fsp3) is 0.0625. The molecule has 0 saturated carbocycles. The molecule has 2 heterocycles. The Kier molecular flexibility index (Phi) is 3.21. The normalized spacial score (nSPS) is 16.0. The summed E-state index contributed by atoms with van der Waals surface area (Å²) in [6.07, 6.45) is -0.588. The molecule has 9 nitrogen and oxygen atoms in total. The Morgan fingerprint density at radius 1 is 1.16 bits per heavy atom. The number of hydrogen-bond donors (Lipinski definition) is 2. The maximum absolute atomic E-state index is 12.2. The van der Waals surface area contributed by atoms with Crippen LogP contribution in [0.4, 0.5) is 11.6 Å². The standard InChI is InChI=1S/C16H12N6O3/c17-15-18-13(9-5-7-10(8-6-9)22(24)25)21-12-4-2-1-3-11(12)14(23)19-16(21)20-15/h1-8,13H,(H3,17,18,19,20,23)/t13-/m1/s1. The molecule has 2 aromatic carbocycles. The van der Waals surface area contributed by atoms with Gasteiger partial charge in [0, 0.05) is 12.1 Å². The van der Waals surface area contributed by atoms with Crippen LogP contribution in [-0.2, 0) is 0 Å². The third kappa shape index (κ3) is 2.38. The van der Waals surface area contributed by atoms with Crippen LogP contribution in [0.25, 0.3) is 10.9 Å². The molecular formula is C16H12N6O3. The summed E-state index contributed by atoms with van der Waals surface area (Å²) < 4.78 is 1.74. The molecule has 4 rings (SSSR count). The van der Waals surface area contributed by atoms with Crippen molar-refractivity contribution in [2.75, 3.05) is 5.32 Å². The highest BCUT2D eigenvalue weighted by atomic mass is 16.6. The van der Waals surface area contributed by atoms with Crippen molar-refractivity contribution in [3.63, 3.8) is 0 Å². The van der Waals surface area contributed by atoms with Gasteiger partial charge in [-0.2, -0.15) is 4.98 Å². The number of fused-ring (bicyclic) bond motifs is 3. The van der Waals surface area contributed by atoms with Gasteiger partial charge >= 0.3 is 0 Å². The van der Waals surface area contributed by atoms with Crippen molar-refractivity contribution in [3.8, 4) is 0 Å². The number of anilines is 1. The lowest BCUT2D eigenvalue weighted by atomic mass is 10.1. The number of para-hydroxylation sites is 1. The minimum Gasteiger partial charge on any atom is -0.370 e. The van der Waals surface area contributed by atoms with Crippen LogP contribution in [-0.4, -0.2) is 20.4 Å². The van der Waals surface area contributed by atoms with Crippen LogP contribution in [0.2, 0.25) is 0 Å². The zero-order chi connectivity index (χ0) is 17.6. The van der Waals surface area contributed by atoms with Crippen molar-refractivity contribution < 1.29 is 4.92 Å². The maximum atomic E-state index is 12.2. The van der Waals surface area contributed by atoms with E-state index >= 15 is 0 Å². The van der Waals surface area contributed by atoms with Gasteiger partial charge in [0.15, 0.2) is 12.1 Å². The van der Waals surface area contributed by atoms with E-state index in [2.05, 4.69) is 15.3 Å². The Morgan fingerprint density at radius 3 is 2.60 bits per heavy atom. The van der Waals surface area contributed by atoms with Gasteiger partial charge in [0.1, 0.15) is 0 Å². The number of guanidine groups is 1. The third-order valence-electron chi connectivity index (χ3n) is 3.98. The number of aromatic nitrogens is 2. The predicted molar refractivity (Wildman–Crippen MR) is 92.5 cm³/mol. The lowest BCUT2D eigenvalue weighted by Gasteiger charge is -2.27. The number of non-ortho nitro benzene ring substituents is 1. The Balaban J connectivity index is 1.95. The minimum absolute atomic E-state index is 0.0160. The number of nitrogens with two attached hydrogens (primary N) is 1. The van der Waals surface area contributed by atoms with E-state index < -0.39 is 11.1 Å². The second-order valence-electron chi connectivity index (χ2n) is 5.49. The molecule has 0 aliphatic carbocycles. The smallest absolute Gasteiger partial charge is 0.282 e. The summed E-state index contributed by atoms with van der Waals surface area (Å²) in [6.45, 7) is 0. The van der Waals surface area contributed by atoms with Crippen LogP contribution in [0.3, 0.4) is 0 Å². The first-order valence-electron chi connectivity index (χ1n) is 7.40. The summed E-state index contributed by atoms with van der Waals surface area (Å²) in [5.74, 6) is 0.394. The quantitative estimate of drug-likeness (QED) is 0.540. The van der Waals surface area contributed by atoms with Gasteiger partial charge in [-0.15, -0.1) is 0 Å². The van der Waals surface area contributed by atoms with Gasteiger partial charge in [-0.3, -0.25) is 24.8 Å². The number of nitro groups is 1. The van der Waals surface area contributed by atoms with Crippen LogP contribution in [0.1, 0.15) is 11.7 Å². The number of benzene rings is 2. The molecule has 25 heavy (non-hydrogen) atoms. The van der Waals surface area contributed by atoms with Gasteiger partial charge in [0.2, 0.25) is 5.95 Å². The van der Waals surface area contributed by atoms with Gasteiger partial charge in [-0.1, -0.05) is 12.1 Å². The summed E-state index contributed by atoms with van der Waals surface area (Å²) in [6, 6.07) is 13.1. The van der Waals surface area contributed by atoms with Gasteiger partial charge < -0.3 is 5.73 Å². The van der Waals surface area contributed by atoms with E-state index in [0.717, 1.165) is 0 Å². The van der Waals surface area contributed by atoms with E-state index in [1.54, 1.807) is 34.9 Å². The van der Waals surface area contributed by atoms with E-state index in [1.165, 1.54) is 12.1 Å². The lowest BCUT2D eigenvalue weighted by molar-refractivity contribution is -0.384. The molecule has 0 amide bonds. The molecule has 0 bridgehead atoms. The van der Waals surface area contributed by atoms with Gasteiger partial charge in [-0.05, 0) is 29.8 Å². The second-order valence-corrected chi connectivity index (χ2v) is 5.49. The number of hydrogen-bond acceptors (Lipinski definition) is 7. The third-order valence-corrected chi connectivity index (χ3v) is 3.98. The van der Waals surface area contributed by atoms with E-state index in [1.807, 2.05) is 6.07 Å². The molecule has 9 heteroatoms. The van der Waals surface area contributed by atoms with Crippen LogP contribution >= 0.6 is 0 Å². The molecule has 3 N–H and O–H groups in total. The maximum Gasteiger partial charge on any atom is 0.282 e. The second kappa shape index (κ2) is 5.41. The highest BCUT2D eigenvalue weighted by Crippen LogP contribution is 2.30. The molecular weight excluding hydrogens is 324 g/mol. The zero-order valence-corrected chi connectivity index (χ0v) is 12.8. The van der Waals surface area contributed by atoms with E-state index in [0.29, 0.717) is 16.5 Å². The van der Waals surface area contributed by atoms with E-state index in [-0.39, 0.29) is 23.2 Å². The largest absolute Gasteiger partial charge is 0.370 e. The fourth-order valence-corrected chi connectivity index (χ4v) is 2.85. The van der Waals surface area contributed by atoms with Gasteiger partial charge in [0.05, 0.1) is 15.8 Å². The Bertz CT molecular complexity index is 1090. The summed E-state index contributed by atoms with van der Waals surface area (Å²) in [4.78, 5) is 31.0. The van der Waals surface area contributed by atoms with Crippen molar-refractivity contribution in [1.29, 1.82) is 0 Å². The number of aliphatic imine (C=N–C) groups is 1. The first kappa shape index (κ1) is 14.8. The fourth-order valence-electron chi connectivity index (χ4n) is 2.85. The highest BCUT2D eigenvalue weighted by molar-refractivity contribution is 5.93. The monoisotopic (exact) mass is 336 g/mol. The molecule has 124 valence electrons. The summed E-state index contributed by atoms with van der Waals surface area (Å²) in [7, 11) is 0. The van der Waals surface area contributed by atoms with Crippen molar-refractivity contribution >= 4 is 28.5 Å². The molecule has 0 radical (unpaired) electrons. The van der Waals surface area contributed by atoms with Crippen LogP contribution in [0, 0.1) is 10.1 Å². The van der Waals surface area contributed by atoms with Crippen LogP contribution < -0.4 is 16.6 Å². The summed E-state index contributed by atoms with van der Waals surface area (Å²) in [5.41, 5.74) is 6.77. The van der Waals surface area contributed by atoms with Gasteiger partial charge in [0.25, 0.3) is 11.2 Å². The molecule has 0 saturated heterocycles. The van der Waals surface area contributed by atoms with Crippen molar-refractivity contribution in [2.24, 2.45) is 10.7 Å². The molecule has 1 atom stereocenters. The Morgan fingerprint density at radius 2 is 1.88 bits per heavy atom. The van der Waals surface area contributed by atoms with Crippen LogP contribution in [0.5, 0.6) is 0 Å². The molecule has 0 fully saturated rings. The SMILES string of the molecule is NC1=N[C@@H](c2ccc([N+](=O)[O-])cc2)n2c(nc(=O)c3ccccc32)N1. The van der Waals surface area contributed by atoms with E-state index in [4.69, 9.17) is 5.73 Å². The predicted octanol–water partition coefficient (Wildman–Crippen LogP) is 1.59. The molecule has 1 aliphatic heterocycles. The van der Waals surface area contributed by atoms with E-state index in [9.17, 15) is 14.9 Å². The van der Waals surface area contributed by atoms with Crippen molar-refractivity contribution in [3.05, 3.63) is 74.6 Å². The number of nitrogens with zero attached hydrogens (tertiary/aromatic N) is 4. The Labute approximate surface area is 140 Å². The summed E-state index contributed by atoms with van der Waals surface area (Å²) >= 11 is 0. The van der Waals surface area contributed by atoms with Crippen LogP contribution in [0.15, 0.2) is 58.3 Å². The number of rotatable bonds is 2. The zero-order valence-electron chi connectivity index (χ0n) is 12.8. The molecule has 0 unspecified atom stereocenters. The molecule has 1 aliphatic rings. The minimum atomic E-state index is -0.588. The topological polar surface area (TPSA) is 128 Å². The molecule has 3 aromatic rings. The first-order chi connectivity index (χ1) is 12.0. The molecule has 1 aromatic heterocycles. The van der Waals surface area contributed by atoms with Gasteiger partial charge in [-0.25, -0.2) is 4.99 Å². The molecule has 0 spiro atoms. The number of nitrogens with one attached hydrogen (secondary N) is 1.